The molecule has 1 aromatic heterocycles. The van der Waals surface area contributed by atoms with Crippen molar-refractivity contribution in [1.29, 1.82) is 0 Å². The van der Waals surface area contributed by atoms with E-state index in [0.29, 0.717) is 11.4 Å². The molecule has 0 atom stereocenters. The number of hydrogen-bond donors (Lipinski definition) is 0. The molecule has 0 radical (unpaired) electrons. The minimum Gasteiger partial charge on any atom is -0.268 e. The smallest absolute Gasteiger partial charge is 0.268 e. The predicted molar refractivity (Wildman–Crippen MR) is 91.7 cm³/mol. The summed E-state index contributed by atoms with van der Waals surface area (Å²) in [4.78, 5) is 27.4. The molecule has 1 aromatic carbocycles. The van der Waals surface area contributed by atoms with Crippen molar-refractivity contribution >= 4 is 40.3 Å². The fraction of sp³-hybridized carbons (Fsp3) is 0.176. The Morgan fingerprint density at radius 1 is 1.09 bits per heavy atom. The van der Waals surface area contributed by atoms with Crippen LogP contribution in [0.15, 0.2) is 40.6 Å². The summed E-state index contributed by atoms with van der Waals surface area (Å²) in [7, 11) is 0. The van der Waals surface area contributed by atoms with E-state index < -0.39 is 0 Å². The number of carbonyl (C=O) groups excluding carboxylic acids is 2. The van der Waals surface area contributed by atoms with Gasteiger partial charge in [0.05, 0.1) is 11.4 Å². The third-order valence-corrected chi connectivity index (χ3v) is 5.37. The Hall–Kier alpha value is -1.85. The van der Waals surface area contributed by atoms with E-state index in [0.717, 1.165) is 33.3 Å². The quantitative estimate of drug-likeness (QED) is 0.772. The molecule has 1 aliphatic rings. The molecular weight excluding hydrogens is 314 g/mol. The van der Waals surface area contributed by atoms with Gasteiger partial charge in [-0.15, -0.1) is 11.3 Å². The summed E-state index contributed by atoms with van der Waals surface area (Å²) in [5, 5.41) is 1.78. The topological polar surface area (TPSA) is 37.4 Å². The van der Waals surface area contributed by atoms with Gasteiger partial charge in [-0.2, -0.15) is 0 Å². The number of hydrogen-bond acceptors (Lipinski definition) is 4. The van der Waals surface area contributed by atoms with Crippen LogP contribution in [-0.4, -0.2) is 16.0 Å². The Kier molecular flexibility index (Phi) is 4.18. The molecule has 0 unspecified atom stereocenters. The lowest BCUT2D eigenvalue weighted by atomic mass is 10.1. The molecule has 0 bridgehead atoms. The second kappa shape index (κ2) is 6.10. The van der Waals surface area contributed by atoms with Crippen molar-refractivity contribution in [2.24, 2.45) is 0 Å². The van der Waals surface area contributed by atoms with E-state index >= 15 is 0 Å². The van der Waals surface area contributed by atoms with Crippen LogP contribution in [0.4, 0.5) is 4.79 Å². The highest BCUT2D eigenvalue weighted by Gasteiger charge is 2.35. The molecule has 0 spiro atoms. The second-order valence-electron chi connectivity index (χ2n) is 5.22. The number of amides is 2. The summed E-state index contributed by atoms with van der Waals surface area (Å²) in [5.74, 6) is -0.205. The summed E-state index contributed by atoms with van der Waals surface area (Å²) in [6, 6.07) is 9.88. The minimum absolute atomic E-state index is 0.203. The van der Waals surface area contributed by atoms with Gasteiger partial charge in [0.25, 0.3) is 11.1 Å². The van der Waals surface area contributed by atoms with Crippen LogP contribution in [0, 0.1) is 13.8 Å². The first-order valence-corrected chi connectivity index (χ1v) is 8.59. The van der Waals surface area contributed by atoms with Gasteiger partial charge < -0.3 is 0 Å². The van der Waals surface area contributed by atoms with Gasteiger partial charge in [0.15, 0.2) is 0 Å². The molecular formula is C17H15NO2S2. The highest BCUT2D eigenvalue weighted by molar-refractivity contribution is 8.18. The molecule has 1 fully saturated rings. The number of thiophene rings is 1. The maximum Gasteiger partial charge on any atom is 0.293 e. The van der Waals surface area contributed by atoms with Crippen LogP contribution >= 0.6 is 23.1 Å². The van der Waals surface area contributed by atoms with Crippen LogP contribution in [0.2, 0.25) is 0 Å². The Morgan fingerprint density at radius 2 is 1.82 bits per heavy atom. The van der Waals surface area contributed by atoms with E-state index in [2.05, 4.69) is 0 Å². The molecule has 22 heavy (non-hydrogen) atoms. The van der Waals surface area contributed by atoms with E-state index in [-0.39, 0.29) is 11.1 Å². The standard InChI is InChI=1S/C17H15NO2S2/c1-11-3-5-13(6-4-11)10-18-16(19)15(22-17(18)20)9-14-12(2)7-8-21-14/h3-9H,10H2,1-2H3/b15-9+. The van der Waals surface area contributed by atoms with Crippen molar-refractivity contribution in [2.75, 3.05) is 0 Å². The predicted octanol–water partition coefficient (Wildman–Crippen LogP) is 4.60. The second-order valence-corrected chi connectivity index (χ2v) is 7.16. The highest BCUT2D eigenvalue weighted by Crippen LogP contribution is 2.34. The lowest BCUT2D eigenvalue weighted by Crippen LogP contribution is -2.27. The first-order valence-electron chi connectivity index (χ1n) is 6.89. The van der Waals surface area contributed by atoms with Gasteiger partial charge in [-0.05, 0) is 54.3 Å². The maximum absolute atomic E-state index is 12.4. The first-order chi connectivity index (χ1) is 10.5. The zero-order chi connectivity index (χ0) is 15.7. The van der Waals surface area contributed by atoms with Crippen molar-refractivity contribution in [1.82, 2.24) is 4.90 Å². The van der Waals surface area contributed by atoms with Gasteiger partial charge >= 0.3 is 0 Å². The summed E-state index contributed by atoms with van der Waals surface area (Å²) in [6.07, 6.45) is 1.82. The minimum atomic E-state index is -0.205. The normalized spacial score (nSPS) is 16.8. The van der Waals surface area contributed by atoms with Crippen molar-refractivity contribution in [3.8, 4) is 0 Å². The van der Waals surface area contributed by atoms with E-state index in [1.807, 2.05) is 55.6 Å². The zero-order valence-corrected chi connectivity index (χ0v) is 14.0. The van der Waals surface area contributed by atoms with E-state index in [9.17, 15) is 9.59 Å². The molecule has 0 N–H and O–H groups in total. The molecule has 1 saturated heterocycles. The third kappa shape index (κ3) is 3.00. The van der Waals surface area contributed by atoms with E-state index in [4.69, 9.17) is 0 Å². The van der Waals surface area contributed by atoms with Gasteiger partial charge in [-0.3, -0.25) is 14.5 Å². The number of carbonyl (C=O) groups is 2. The van der Waals surface area contributed by atoms with Gasteiger partial charge in [-0.1, -0.05) is 29.8 Å². The monoisotopic (exact) mass is 329 g/mol. The number of imide groups is 1. The largest absolute Gasteiger partial charge is 0.293 e. The fourth-order valence-electron chi connectivity index (χ4n) is 2.16. The number of nitrogens with zero attached hydrogens (tertiary/aromatic N) is 1. The maximum atomic E-state index is 12.4. The molecule has 0 aliphatic carbocycles. The summed E-state index contributed by atoms with van der Waals surface area (Å²) in [6.45, 7) is 4.33. The van der Waals surface area contributed by atoms with Crippen molar-refractivity contribution < 1.29 is 9.59 Å². The summed E-state index contributed by atoms with van der Waals surface area (Å²) < 4.78 is 0. The van der Waals surface area contributed by atoms with Crippen LogP contribution in [0.1, 0.15) is 21.6 Å². The van der Waals surface area contributed by atoms with Crippen LogP contribution in [0.25, 0.3) is 6.08 Å². The zero-order valence-electron chi connectivity index (χ0n) is 12.3. The molecule has 3 nitrogen and oxygen atoms in total. The molecule has 0 saturated carbocycles. The summed E-state index contributed by atoms with van der Waals surface area (Å²) >= 11 is 2.59. The number of thioether (sulfide) groups is 1. The number of benzene rings is 1. The fourth-order valence-corrected chi connectivity index (χ4v) is 3.92. The van der Waals surface area contributed by atoms with Crippen molar-refractivity contribution in [3.05, 3.63) is 62.2 Å². The average Bonchev–Trinajstić information content (AvgIpc) is 3.00. The molecule has 3 rings (SSSR count). The van der Waals surface area contributed by atoms with E-state index in [1.54, 1.807) is 11.3 Å². The van der Waals surface area contributed by atoms with Gasteiger partial charge in [0, 0.05) is 4.88 Å². The molecule has 2 aromatic rings. The van der Waals surface area contributed by atoms with Crippen molar-refractivity contribution in [3.63, 3.8) is 0 Å². The highest BCUT2D eigenvalue weighted by atomic mass is 32.2. The first kappa shape index (κ1) is 15.1. The molecule has 5 heteroatoms. The Balaban J connectivity index is 1.81. The van der Waals surface area contributed by atoms with Crippen LogP contribution in [0.5, 0.6) is 0 Å². The van der Waals surface area contributed by atoms with E-state index in [1.165, 1.54) is 4.90 Å². The lowest BCUT2D eigenvalue weighted by molar-refractivity contribution is -0.123. The molecule has 112 valence electrons. The Bertz CT molecular complexity index is 759. The molecule has 2 heterocycles. The van der Waals surface area contributed by atoms with Gasteiger partial charge in [0.1, 0.15) is 0 Å². The van der Waals surface area contributed by atoms with Crippen LogP contribution in [-0.2, 0) is 11.3 Å². The van der Waals surface area contributed by atoms with Crippen LogP contribution in [0.3, 0.4) is 0 Å². The average molecular weight is 329 g/mol. The number of rotatable bonds is 3. The molecule has 1 aliphatic heterocycles. The molecule has 2 amide bonds. The lowest BCUT2D eigenvalue weighted by Gasteiger charge is -2.12. The van der Waals surface area contributed by atoms with Gasteiger partial charge in [-0.25, -0.2) is 0 Å². The number of aryl methyl sites for hydroxylation is 2. The third-order valence-electron chi connectivity index (χ3n) is 3.50. The van der Waals surface area contributed by atoms with Crippen LogP contribution < -0.4 is 0 Å². The summed E-state index contributed by atoms with van der Waals surface area (Å²) in [5.41, 5.74) is 3.24. The Labute approximate surface area is 137 Å². The Morgan fingerprint density at radius 3 is 2.45 bits per heavy atom. The van der Waals surface area contributed by atoms with Gasteiger partial charge in [0.2, 0.25) is 0 Å². The SMILES string of the molecule is Cc1ccc(CN2C(=O)S/C(=C/c3sccc3C)C2=O)cc1. The van der Waals surface area contributed by atoms with Crippen molar-refractivity contribution in [2.45, 2.75) is 20.4 Å².